The molecule has 1 aromatic carbocycles. The monoisotopic (exact) mass is 449 g/mol. The summed E-state index contributed by atoms with van der Waals surface area (Å²) in [5.74, 6) is 0.216. The number of pyridine rings is 1. The van der Waals surface area contributed by atoms with Crippen LogP contribution in [0.2, 0.25) is 0 Å². The lowest BCUT2D eigenvalue weighted by Crippen LogP contribution is -2.42. The Labute approximate surface area is 188 Å². The fourth-order valence-corrected chi connectivity index (χ4v) is 6.84. The van der Waals surface area contributed by atoms with E-state index >= 15 is 0 Å². The molecular weight excluding hydrogens is 422 g/mol. The largest absolute Gasteiger partial charge is 0.346 e. The number of nitrogens with one attached hydrogen (secondary N) is 1. The van der Waals surface area contributed by atoms with Crippen LogP contribution in [0.25, 0.3) is 22.3 Å². The van der Waals surface area contributed by atoms with Gasteiger partial charge in [0.1, 0.15) is 0 Å². The number of sulfonamides is 1. The minimum atomic E-state index is -3.55. The van der Waals surface area contributed by atoms with Gasteiger partial charge in [-0.2, -0.15) is 9.40 Å². The highest BCUT2D eigenvalue weighted by atomic mass is 32.2. The number of H-pyrrole nitrogens is 1. The van der Waals surface area contributed by atoms with Gasteiger partial charge < -0.3 is 4.57 Å². The van der Waals surface area contributed by atoms with E-state index in [9.17, 15) is 8.42 Å². The minimum Gasteiger partial charge on any atom is -0.346 e. The van der Waals surface area contributed by atoms with E-state index in [1.807, 2.05) is 51.4 Å². The molecule has 0 bridgehead atoms. The smallest absolute Gasteiger partial charge is 0.243 e. The zero-order valence-corrected chi connectivity index (χ0v) is 19.3. The molecule has 1 N–H and O–H groups in total. The zero-order chi connectivity index (χ0) is 22.5. The van der Waals surface area contributed by atoms with E-state index in [1.165, 1.54) is 0 Å². The fraction of sp³-hybridized carbons (Fsp3) is 0.333. The molecule has 7 nitrogen and oxygen atoms in total. The summed E-state index contributed by atoms with van der Waals surface area (Å²) in [7, 11) is -3.55. The standard InChI is InChI=1S/C24H27N5O2S/c1-17-5-4-6-20(11-17)32(30,31)29-16-18(12-24(29,2)3)15-28-10-9-22-23(28)8-7-21(27-22)19-13-25-26-14-19/h4-11,13-14,18H,12,15-16H2,1-3H3,(H,25,26). The van der Waals surface area contributed by atoms with E-state index in [4.69, 9.17) is 4.98 Å². The van der Waals surface area contributed by atoms with E-state index in [2.05, 4.69) is 20.8 Å². The number of aryl methyl sites for hydroxylation is 1. The summed E-state index contributed by atoms with van der Waals surface area (Å²) < 4.78 is 30.7. The molecule has 1 aliphatic heterocycles. The number of benzene rings is 1. The van der Waals surface area contributed by atoms with Crippen molar-refractivity contribution in [1.29, 1.82) is 0 Å². The summed E-state index contributed by atoms with van der Waals surface area (Å²) in [4.78, 5) is 5.13. The molecule has 1 fully saturated rings. The Kier molecular flexibility index (Phi) is 4.94. The molecule has 4 heterocycles. The first kappa shape index (κ1) is 20.9. The van der Waals surface area contributed by atoms with Gasteiger partial charge in [-0.15, -0.1) is 0 Å². The highest BCUT2D eigenvalue weighted by molar-refractivity contribution is 7.89. The molecule has 0 saturated carbocycles. The van der Waals surface area contributed by atoms with Gasteiger partial charge in [0.05, 0.1) is 27.8 Å². The van der Waals surface area contributed by atoms with Crippen molar-refractivity contribution in [3.8, 4) is 11.3 Å². The van der Waals surface area contributed by atoms with Crippen molar-refractivity contribution in [3.05, 3.63) is 66.6 Å². The van der Waals surface area contributed by atoms with Crippen molar-refractivity contribution < 1.29 is 8.42 Å². The molecule has 1 saturated heterocycles. The van der Waals surface area contributed by atoms with Crippen LogP contribution in [0.5, 0.6) is 0 Å². The summed E-state index contributed by atoms with van der Waals surface area (Å²) in [6, 6.07) is 13.2. The molecule has 0 amide bonds. The Balaban J connectivity index is 1.39. The Morgan fingerprint density at radius 1 is 1.19 bits per heavy atom. The van der Waals surface area contributed by atoms with Crippen molar-refractivity contribution in [2.75, 3.05) is 6.54 Å². The lowest BCUT2D eigenvalue weighted by molar-refractivity contribution is 0.291. The van der Waals surface area contributed by atoms with E-state index in [1.54, 1.807) is 28.7 Å². The molecular formula is C24H27N5O2S. The molecule has 4 aromatic rings. The van der Waals surface area contributed by atoms with Gasteiger partial charge in [0.15, 0.2) is 0 Å². The van der Waals surface area contributed by atoms with Crippen LogP contribution in [0.3, 0.4) is 0 Å². The first-order valence-corrected chi connectivity index (χ1v) is 12.2. The van der Waals surface area contributed by atoms with Crippen LogP contribution in [-0.2, 0) is 16.6 Å². The highest BCUT2D eigenvalue weighted by Crippen LogP contribution is 2.38. The lowest BCUT2D eigenvalue weighted by atomic mass is 9.97. The number of aromatic amines is 1. The number of hydrogen-bond donors (Lipinski definition) is 1. The third-order valence-corrected chi connectivity index (χ3v) is 8.41. The lowest BCUT2D eigenvalue weighted by Gasteiger charge is -2.30. The van der Waals surface area contributed by atoms with Crippen LogP contribution in [0.4, 0.5) is 0 Å². The van der Waals surface area contributed by atoms with Crippen molar-refractivity contribution in [1.82, 2.24) is 24.1 Å². The van der Waals surface area contributed by atoms with Gasteiger partial charge in [-0.1, -0.05) is 12.1 Å². The Morgan fingerprint density at radius 3 is 2.78 bits per heavy atom. The highest BCUT2D eigenvalue weighted by Gasteiger charge is 2.45. The maximum absolute atomic E-state index is 13.4. The quantitative estimate of drug-likeness (QED) is 0.494. The average molecular weight is 450 g/mol. The third-order valence-electron chi connectivity index (χ3n) is 6.34. The Hall–Kier alpha value is -2.97. The second-order valence-electron chi connectivity index (χ2n) is 9.29. The first-order valence-electron chi connectivity index (χ1n) is 10.8. The molecule has 0 aliphatic carbocycles. The van der Waals surface area contributed by atoms with Gasteiger partial charge in [-0.05, 0) is 69.0 Å². The van der Waals surface area contributed by atoms with Crippen molar-refractivity contribution in [2.24, 2.45) is 5.92 Å². The van der Waals surface area contributed by atoms with Crippen LogP contribution in [-0.4, -0.2) is 44.6 Å². The molecule has 166 valence electrons. The molecule has 8 heteroatoms. The molecule has 3 aromatic heterocycles. The predicted octanol–water partition coefficient (Wildman–Crippen LogP) is 4.22. The molecule has 1 unspecified atom stereocenters. The minimum absolute atomic E-state index is 0.216. The van der Waals surface area contributed by atoms with Crippen molar-refractivity contribution >= 4 is 21.1 Å². The van der Waals surface area contributed by atoms with E-state index in [0.717, 1.165) is 40.8 Å². The summed E-state index contributed by atoms with van der Waals surface area (Å²) in [6.07, 6.45) is 6.43. The predicted molar refractivity (Wildman–Crippen MR) is 125 cm³/mol. The van der Waals surface area contributed by atoms with Crippen LogP contribution in [0.15, 0.2) is 66.0 Å². The summed E-state index contributed by atoms with van der Waals surface area (Å²) in [5.41, 5.74) is 4.31. The van der Waals surface area contributed by atoms with Gasteiger partial charge >= 0.3 is 0 Å². The van der Waals surface area contributed by atoms with Gasteiger partial charge in [0, 0.05) is 36.6 Å². The molecule has 32 heavy (non-hydrogen) atoms. The maximum atomic E-state index is 13.4. The maximum Gasteiger partial charge on any atom is 0.243 e. The van der Waals surface area contributed by atoms with Gasteiger partial charge in [-0.3, -0.25) is 5.10 Å². The van der Waals surface area contributed by atoms with E-state index in [0.29, 0.717) is 11.4 Å². The summed E-state index contributed by atoms with van der Waals surface area (Å²) in [5, 5.41) is 6.81. The number of hydrogen-bond acceptors (Lipinski definition) is 4. The second-order valence-corrected chi connectivity index (χ2v) is 11.2. The van der Waals surface area contributed by atoms with Crippen LogP contribution in [0.1, 0.15) is 25.8 Å². The van der Waals surface area contributed by atoms with Gasteiger partial charge in [-0.25, -0.2) is 13.4 Å². The first-order chi connectivity index (χ1) is 15.2. The third kappa shape index (κ3) is 3.63. The molecule has 1 aliphatic rings. The number of nitrogens with zero attached hydrogens (tertiary/aromatic N) is 4. The van der Waals surface area contributed by atoms with Crippen LogP contribution >= 0.6 is 0 Å². The molecule has 0 radical (unpaired) electrons. The SMILES string of the molecule is Cc1cccc(S(=O)(=O)N2CC(Cn3ccc4nc(-c5cn[nH]c5)ccc43)CC2(C)C)c1. The van der Waals surface area contributed by atoms with Gasteiger partial charge in [0.25, 0.3) is 0 Å². The topological polar surface area (TPSA) is 83.9 Å². The summed E-state index contributed by atoms with van der Waals surface area (Å²) >= 11 is 0. The molecule has 1 atom stereocenters. The van der Waals surface area contributed by atoms with Crippen molar-refractivity contribution in [3.63, 3.8) is 0 Å². The average Bonchev–Trinajstić information content (AvgIpc) is 3.47. The van der Waals surface area contributed by atoms with Gasteiger partial charge in [0.2, 0.25) is 10.0 Å². The molecule has 5 rings (SSSR count). The van der Waals surface area contributed by atoms with E-state index < -0.39 is 15.6 Å². The number of rotatable bonds is 5. The Bertz CT molecular complexity index is 1370. The molecule has 0 spiro atoms. The zero-order valence-electron chi connectivity index (χ0n) is 18.5. The van der Waals surface area contributed by atoms with Crippen LogP contribution < -0.4 is 0 Å². The fourth-order valence-electron chi connectivity index (χ4n) is 4.87. The normalized spacial score (nSPS) is 19.0. The summed E-state index contributed by atoms with van der Waals surface area (Å²) in [6.45, 7) is 7.21. The number of aromatic nitrogens is 4. The Morgan fingerprint density at radius 2 is 2.03 bits per heavy atom. The van der Waals surface area contributed by atoms with E-state index in [-0.39, 0.29) is 5.92 Å². The second kappa shape index (κ2) is 7.56. The van der Waals surface area contributed by atoms with Crippen LogP contribution in [0, 0.1) is 12.8 Å². The number of fused-ring (bicyclic) bond motifs is 1. The van der Waals surface area contributed by atoms with Crippen molar-refractivity contribution in [2.45, 2.75) is 44.2 Å².